The normalized spacial score (nSPS) is 13.3. The molecule has 0 saturated heterocycles. The minimum absolute atomic E-state index is 0.105. The number of aromatic nitrogens is 1. The second kappa shape index (κ2) is 8.85. The molecular weight excluding hydrogens is 442 g/mol. The second-order valence-corrected chi connectivity index (χ2v) is 10.3. The highest BCUT2D eigenvalue weighted by molar-refractivity contribution is 7.16. The minimum Gasteiger partial charge on any atom is -0.369 e. The average molecular weight is 472 g/mol. The molecule has 0 bridgehead atoms. The van der Waals surface area contributed by atoms with E-state index in [1.165, 1.54) is 38.8 Å². The number of amides is 1. The molecule has 0 fully saturated rings. The van der Waals surface area contributed by atoms with Gasteiger partial charge in [0.05, 0.1) is 17.0 Å². The van der Waals surface area contributed by atoms with Gasteiger partial charge < -0.3 is 15.7 Å². The number of thiazole rings is 1. The molecule has 3 N–H and O–H groups in total. The number of nitrogens with one attached hydrogen (secondary N) is 2. The zero-order valence-corrected chi connectivity index (χ0v) is 20.8. The van der Waals surface area contributed by atoms with E-state index in [4.69, 9.17) is 0 Å². The summed E-state index contributed by atoms with van der Waals surface area (Å²) in [5.74, 6) is -0.105. The Kier molecular flexibility index (Phi) is 5.88. The van der Waals surface area contributed by atoms with Gasteiger partial charge in [-0.1, -0.05) is 59.4 Å². The largest absolute Gasteiger partial charge is 0.369 e. The van der Waals surface area contributed by atoms with Crippen molar-refractivity contribution >= 4 is 38.8 Å². The fraction of sp³-hybridized carbons (Fsp3) is 0.286. The molecule has 5 rings (SSSR count). The minimum atomic E-state index is -0.903. The average Bonchev–Trinajstić information content (AvgIpc) is 3.36. The van der Waals surface area contributed by atoms with Crippen molar-refractivity contribution in [3.63, 3.8) is 0 Å². The van der Waals surface area contributed by atoms with Crippen molar-refractivity contribution in [2.75, 3.05) is 10.6 Å². The van der Waals surface area contributed by atoms with Crippen LogP contribution >= 0.6 is 11.3 Å². The van der Waals surface area contributed by atoms with Crippen LogP contribution in [0.15, 0.2) is 42.5 Å². The van der Waals surface area contributed by atoms with E-state index in [-0.39, 0.29) is 12.3 Å². The summed E-state index contributed by atoms with van der Waals surface area (Å²) in [7, 11) is 0. The Morgan fingerprint density at radius 1 is 1.06 bits per heavy atom. The van der Waals surface area contributed by atoms with Crippen LogP contribution in [0.3, 0.4) is 0 Å². The third-order valence-corrected chi connectivity index (χ3v) is 7.73. The van der Waals surface area contributed by atoms with Crippen molar-refractivity contribution in [2.24, 2.45) is 0 Å². The topological polar surface area (TPSA) is 74.2 Å². The molecule has 1 heterocycles. The van der Waals surface area contributed by atoms with E-state index < -0.39 is 6.23 Å². The summed E-state index contributed by atoms with van der Waals surface area (Å²) >= 11 is 1.30. The van der Waals surface area contributed by atoms with Gasteiger partial charge in [-0.05, 0) is 79.1 Å². The summed E-state index contributed by atoms with van der Waals surface area (Å²) in [4.78, 5) is 18.1. The summed E-state index contributed by atoms with van der Waals surface area (Å²) < 4.78 is 0. The fourth-order valence-electron chi connectivity index (χ4n) is 5.12. The number of hydrogen-bond donors (Lipinski definition) is 3. The molecule has 1 aliphatic rings. The molecule has 34 heavy (non-hydrogen) atoms. The fourth-order valence-corrected chi connectivity index (χ4v) is 6.04. The van der Waals surface area contributed by atoms with Gasteiger partial charge in [0.2, 0.25) is 5.91 Å². The Bertz CT molecular complexity index is 1390. The zero-order chi connectivity index (χ0) is 24.0. The first-order valence-corrected chi connectivity index (χ1v) is 12.4. The Morgan fingerprint density at radius 2 is 1.76 bits per heavy atom. The van der Waals surface area contributed by atoms with Crippen molar-refractivity contribution in [3.8, 4) is 0 Å². The maximum absolute atomic E-state index is 12.9. The maximum Gasteiger partial charge on any atom is 0.230 e. The van der Waals surface area contributed by atoms with Crippen LogP contribution in [-0.4, -0.2) is 16.0 Å². The van der Waals surface area contributed by atoms with Crippen LogP contribution in [0.25, 0.3) is 10.8 Å². The molecule has 0 aliphatic heterocycles. The summed E-state index contributed by atoms with van der Waals surface area (Å²) in [6, 6.07) is 14.8. The molecule has 1 aromatic heterocycles. The number of rotatable bonds is 6. The van der Waals surface area contributed by atoms with Gasteiger partial charge in [-0.3, -0.25) is 4.79 Å². The van der Waals surface area contributed by atoms with Gasteiger partial charge in [0, 0.05) is 5.69 Å². The molecule has 1 amide bonds. The molecule has 6 heteroatoms. The van der Waals surface area contributed by atoms with Crippen LogP contribution in [0, 0.1) is 27.7 Å². The molecule has 0 radical (unpaired) electrons. The van der Waals surface area contributed by atoms with Crippen LogP contribution < -0.4 is 10.6 Å². The van der Waals surface area contributed by atoms with Gasteiger partial charge in [0.25, 0.3) is 0 Å². The van der Waals surface area contributed by atoms with E-state index in [9.17, 15) is 9.90 Å². The Balaban J connectivity index is 1.31. The lowest BCUT2D eigenvalue weighted by atomic mass is 9.98. The van der Waals surface area contributed by atoms with Gasteiger partial charge in [-0.15, -0.1) is 0 Å². The predicted molar refractivity (Wildman–Crippen MR) is 140 cm³/mol. The van der Waals surface area contributed by atoms with E-state index in [0.29, 0.717) is 15.7 Å². The second-order valence-electron chi connectivity index (χ2n) is 9.24. The highest BCUT2D eigenvalue weighted by Crippen LogP contribution is 2.34. The van der Waals surface area contributed by atoms with Crippen molar-refractivity contribution in [1.82, 2.24) is 4.98 Å². The number of aryl methyl sites for hydroxylation is 6. The smallest absolute Gasteiger partial charge is 0.230 e. The highest BCUT2D eigenvalue weighted by Gasteiger charge is 2.20. The number of aliphatic hydroxyl groups excluding tert-OH is 1. The number of anilines is 2. The van der Waals surface area contributed by atoms with Gasteiger partial charge >= 0.3 is 0 Å². The van der Waals surface area contributed by atoms with Crippen LogP contribution in [0.1, 0.15) is 50.2 Å². The monoisotopic (exact) mass is 471 g/mol. The molecule has 3 aromatic carbocycles. The van der Waals surface area contributed by atoms with Crippen LogP contribution in [-0.2, 0) is 24.1 Å². The molecule has 1 atom stereocenters. The highest BCUT2D eigenvalue weighted by atomic mass is 32.1. The number of benzene rings is 3. The first-order valence-electron chi connectivity index (χ1n) is 11.6. The number of hydrogen-bond acceptors (Lipinski definition) is 5. The van der Waals surface area contributed by atoms with Crippen LogP contribution in [0.2, 0.25) is 0 Å². The molecule has 0 spiro atoms. The Labute approximate surface area is 203 Å². The summed E-state index contributed by atoms with van der Waals surface area (Å²) in [5, 5.41) is 20.0. The summed E-state index contributed by atoms with van der Waals surface area (Å²) in [5.41, 5.74) is 8.74. The Morgan fingerprint density at radius 3 is 2.50 bits per heavy atom. The van der Waals surface area contributed by atoms with Crippen molar-refractivity contribution in [1.29, 1.82) is 0 Å². The lowest BCUT2D eigenvalue weighted by Crippen LogP contribution is -2.14. The molecule has 4 aromatic rings. The van der Waals surface area contributed by atoms with E-state index in [0.717, 1.165) is 35.2 Å². The quantitative estimate of drug-likeness (QED) is 0.306. The van der Waals surface area contributed by atoms with Gasteiger partial charge in [-0.2, -0.15) is 0 Å². The number of carbonyl (C=O) groups excluding carboxylic acids is 1. The van der Waals surface area contributed by atoms with E-state index in [2.05, 4.69) is 65.0 Å². The third-order valence-electron chi connectivity index (χ3n) is 6.60. The number of carbonyl (C=O) groups is 1. The van der Waals surface area contributed by atoms with E-state index >= 15 is 0 Å². The molecule has 1 unspecified atom stereocenters. The van der Waals surface area contributed by atoms with Crippen molar-refractivity contribution < 1.29 is 9.90 Å². The van der Waals surface area contributed by atoms with Crippen molar-refractivity contribution in [3.05, 3.63) is 86.4 Å². The molecule has 0 saturated carbocycles. The van der Waals surface area contributed by atoms with Gasteiger partial charge in [-0.25, -0.2) is 4.98 Å². The molecule has 5 nitrogen and oxygen atoms in total. The SMILES string of the molecule is Cc1cc(C)c(NC(O)c2sc(NC(=O)Cc3ccc4c5c(cccc35)CC4)nc2C)c(C)c1. The first kappa shape index (κ1) is 22.6. The lowest BCUT2D eigenvalue weighted by Gasteiger charge is -2.18. The summed E-state index contributed by atoms with van der Waals surface area (Å²) in [6.45, 7) is 7.97. The number of aliphatic hydroxyl groups is 1. The van der Waals surface area contributed by atoms with Crippen molar-refractivity contribution in [2.45, 2.75) is 53.2 Å². The summed E-state index contributed by atoms with van der Waals surface area (Å²) in [6.07, 6.45) is 1.53. The Hall–Kier alpha value is -3.22. The molecular formula is C28H29N3O2S. The third kappa shape index (κ3) is 4.19. The van der Waals surface area contributed by atoms with Crippen LogP contribution in [0.4, 0.5) is 10.8 Å². The maximum atomic E-state index is 12.9. The van der Waals surface area contributed by atoms with Gasteiger partial charge in [0.15, 0.2) is 11.4 Å². The predicted octanol–water partition coefficient (Wildman–Crippen LogP) is 5.91. The standard InChI is InChI=1S/C28H29N3O2S/c1-15-12-16(2)25(17(3)13-15)31-27(33)26-18(4)29-28(34-26)30-23(32)14-21-11-10-20-9-8-19-6-5-7-22(21)24(19)20/h5-7,10-13,27,31,33H,8-9,14H2,1-4H3,(H,29,30,32). The lowest BCUT2D eigenvalue weighted by molar-refractivity contribution is -0.115. The van der Waals surface area contributed by atoms with E-state index in [1.807, 2.05) is 20.8 Å². The molecule has 174 valence electrons. The van der Waals surface area contributed by atoms with Crippen LogP contribution in [0.5, 0.6) is 0 Å². The zero-order valence-electron chi connectivity index (χ0n) is 20.0. The first-order chi connectivity index (χ1) is 16.3. The molecule has 1 aliphatic carbocycles. The number of nitrogens with zero attached hydrogens (tertiary/aromatic N) is 1. The van der Waals surface area contributed by atoms with E-state index in [1.54, 1.807) is 0 Å². The van der Waals surface area contributed by atoms with Gasteiger partial charge in [0.1, 0.15) is 0 Å².